The largest absolute Gasteiger partial charge is 0.493 e. The Bertz CT molecular complexity index is 763. The van der Waals surface area contributed by atoms with E-state index in [1.54, 1.807) is 13.3 Å². The molecule has 1 atom stereocenters. The summed E-state index contributed by atoms with van der Waals surface area (Å²) in [7, 11) is 1.64. The van der Waals surface area contributed by atoms with Gasteiger partial charge >= 0.3 is 0 Å². The Balaban J connectivity index is 1.89. The first-order chi connectivity index (χ1) is 14.0. The summed E-state index contributed by atoms with van der Waals surface area (Å²) in [5.74, 6) is 2.80. The summed E-state index contributed by atoms with van der Waals surface area (Å²) < 4.78 is 16.9. The summed E-state index contributed by atoms with van der Waals surface area (Å²) in [4.78, 5) is 8.94. The first-order valence-corrected chi connectivity index (χ1v) is 9.95. The summed E-state index contributed by atoms with van der Waals surface area (Å²) in [5, 5.41) is 6.56. The Morgan fingerprint density at radius 2 is 1.79 bits per heavy atom. The van der Waals surface area contributed by atoms with Crippen molar-refractivity contribution in [3.8, 4) is 17.4 Å². The highest BCUT2D eigenvalue weighted by Crippen LogP contribution is 2.26. The number of guanidine groups is 1. The van der Waals surface area contributed by atoms with Gasteiger partial charge in [0.25, 0.3) is 0 Å². The minimum Gasteiger partial charge on any atom is -0.493 e. The third kappa shape index (κ3) is 7.89. The number of aromatic nitrogens is 1. The highest BCUT2D eigenvalue weighted by molar-refractivity contribution is 5.79. The van der Waals surface area contributed by atoms with Crippen LogP contribution in [-0.4, -0.2) is 43.4 Å². The first-order valence-electron chi connectivity index (χ1n) is 9.95. The molecule has 158 valence electrons. The van der Waals surface area contributed by atoms with Gasteiger partial charge in [-0.2, -0.15) is 0 Å². The summed E-state index contributed by atoms with van der Waals surface area (Å²) in [5.41, 5.74) is 1.01. The first kappa shape index (κ1) is 22.3. The number of nitrogens with one attached hydrogen (secondary N) is 2. The minimum absolute atomic E-state index is 0.0655. The quantitative estimate of drug-likeness (QED) is 0.470. The number of para-hydroxylation sites is 2. The molecule has 1 aromatic heterocycles. The van der Waals surface area contributed by atoms with Crippen LogP contribution in [0.3, 0.4) is 0 Å². The van der Waals surface area contributed by atoms with Gasteiger partial charge in [0, 0.05) is 18.8 Å². The molecule has 2 N–H and O–H groups in total. The van der Waals surface area contributed by atoms with E-state index in [1.165, 1.54) is 0 Å². The zero-order chi connectivity index (χ0) is 21.1. The number of hydrogen-bond donors (Lipinski definition) is 2. The number of hydrogen-bond acceptors (Lipinski definition) is 5. The Morgan fingerprint density at radius 3 is 2.41 bits per heavy atom. The third-order valence-electron chi connectivity index (χ3n) is 3.87. The van der Waals surface area contributed by atoms with E-state index in [-0.39, 0.29) is 12.2 Å². The molecule has 7 nitrogen and oxygen atoms in total. The fraction of sp³-hybridized carbons (Fsp3) is 0.455. The second kappa shape index (κ2) is 11.8. The number of ether oxygens (including phenoxy) is 3. The SMILES string of the molecule is CCNC(=NCc1ccc(OC(C)C)nc1)NCC(C)Oc1ccccc1OC. The second-order valence-corrected chi connectivity index (χ2v) is 6.83. The van der Waals surface area contributed by atoms with Crippen molar-refractivity contribution in [1.29, 1.82) is 0 Å². The number of pyridine rings is 1. The molecule has 0 saturated heterocycles. The molecule has 0 aliphatic carbocycles. The van der Waals surface area contributed by atoms with E-state index in [0.29, 0.717) is 19.0 Å². The van der Waals surface area contributed by atoms with Crippen LogP contribution in [-0.2, 0) is 6.54 Å². The van der Waals surface area contributed by atoms with Gasteiger partial charge in [0.15, 0.2) is 17.5 Å². The molecule has 0 spiro atoms. The number of methoxy groups -OCH3 is 1. The smallest absolute Gasteiger partial charge is 0.213 e. The zero-order valence-electron chi connectivity index (χ0n) is 17.9. The van der Waals surface area contributed by atoms with E-state index >= 15 is 0 Å². The van der Waals surface area contributed by atoms with E-state index in [2.05, 4.69) is 20.6 Å². The molecule has 0 radical (unpaired) electrons. The fourth-order valence-electron chi connectivity index (χ4n) is 2.54. The Labute approximate surface area is 173 Å². The van der Waals surface area contributed by atoms with Gasteiger partial charge in [-0.25, -0.2) is 9.98 Å². The molecule has 2 rings (SSSR count). The predicted octanol–water partition coefficient (Wildman–Crippen LogP) is 3.40. The van der Waals surface area contributed by atoms with Gasteiger partial charge in [-0.15, -0.1) is 0 Å². The molecule has 1 unspecified atom stereocenters. The lowest BCUT2D eigenvalue weighted by Gasteiger charge is -2.19. The highest BCUT2D eigenvalue weighted by Gasteiger charge is 2.09. The van der Waals surface area contributed by atoms with Crippen molar-refractivity contribution >= 4 is 5.96 Å². The molecule has 7 heteroatoms. The van der Waals surface area contributed by atoms with Gasteiger partial charge in [0.1, 0.15) is 6.10 Å². The minimum atomic E-state index is -0.0655. The van der Waals surface area contributed by atoms with Gasteiger partial charge in [0.05, 0.1) is 26.3 Å². The van der Waals surface area contributed by atoms with Crippen LogP contribution in [0.15, 0.2) is 47.6 Å². The van der Waals surface area contributed by atoms with Crippen LogP contribution in [0.5, 0.6) is 17.4 Å². The highest BCUT2D eigenvalue weighted by atomic mass is 16.5. The van der Waals surface area contributed by atoms with Crippen LogP contribution in [0.1, 0.15) is 33.3 Å². The van der Waals surface area contributed by atoms with Crippen molar-refractivity contribution < 1.29 is 14.2 Å². The maximum Gasteiger partial charge on any atom is 0.213 e. The average molecular weight is 401 g/mol. The van der Waals surface area contributed by atoms with Crippen molar-refractivity contribution in [2.45, 2.75) is 46.4 Å². The molecule has 0 fully saturated rings. The van der Waals surface area contributed by atoms with Gasteiger partial charge < -0.3 is 24.8 Å². The maximum atomic E-state index is 5.98. The number of nitrogens with zero attached hydrogens (tertiary/aromatic N) is 2. The van der Waals surface area contributed by atoms with Gasteiger partial charge in [-0.1, -0.05) is 18.2 Å². The molecule has 1 aromatic carbocycles. The monoisotopic (exact) mass is 400 g/mol. The third-order valence-corrected chi connectivity index (χ3v) is 3.87. The maximum absolute atomic E-state index is 5.98. The van der Waals surface area contributed by atoms with E-state index < -0.39 is 0 Å². The normalized spacial score (nSPS) is 12.4. The molecule has 0 saturated carbocycles. The Kier molecular flexibility index (Phi) is 9.08. The molecule has 0 amide bonds. The van der Waals surface area contributed by atoms with E-state index in [1.807, 2.05) is 64.1 Å². The Hall–Kier alpha value is -2.96. The number of aliphatic imine (C=N–C) groups is 1. The van der Waals surface area contributed by atoms with Crippen molar-refractivity contribution in [2.24, 2.45) is 4.99 Å². The fourth-order valence-corrected chi connectivity index (χ4v) is 2.54. The summed E-state index contributed by atoms with van der Waals surface area (Å²) in [6, 6.07) is 11.5. The van der Waals surface area contributed by atoms with Crippen LogP contribution < -0.4 is 24.8 Å². The van der Waals surface area contributed by atoms with Crippen LogP contribution in [0, 0.1) is 0 Å². The number of rotatable bonds is 10. The van der Waals surface area contributed by atoms with Crippen molar-refractivity contribution in [1.82, 2.24) is 15.6 Å². The van der Waals surface area contributed by atoms with Crippen LogP contribution in [0.4, 0.5) is 0 Å². The predicted molar refractivity (Wildman–Crippen MR) is 116 cm³/mol. The zero-order valence-corrected chi connectivity index (χ0v) is 17.9. The molecular formula is C22H32N4O3. The molecule has 29 heavy (non-hydrogen) atoms. The summed E-state index contributed by atoms with van der Waals surface area (Å²) in [6.07, 6.45) is 1.83. The summed E-state index contributed by atoms with van der Waals surface area (Å²) in [6.45, 7) is 9.88. The van der Waals surface area contributed by atoms with Gasteiger partial charge in [0.2, 0.25) is 5.88 Å². The van der Waals surface area contributed by atoms with E-state index in [0.717, 1.165) is 29.6 Å². The Morgan fingerprint density at radius 1 is 1.03 bits per heavy atom. The lowest BCUT2D eigenvalue weighted by atomic mass is 10.3. The standard InChI is InChI=1S/C22H32N4O3/c1-6-23-22(26-15-18-11-12-21(24-14-18)28-16(2)3)25-13-17(4)29-20-10-8-7-9-19(20)27-5/h7-12,14,16-17H,6,13,15H2,1-5H3,(H2,23,25,26). The van der Waals surface area contributed by atoms with Crippen molar-refractivity contribution in [3.63, 3.8) is 0 Å². The molecule has 2 aromatic rings. The van der Waals surface area contributed by atoms with Crippen molar-refractivity contribution in [2.75, 3.05) is 20.2 Å². The average Bonchev–Trinajstić information content (AvgIpc) is 2.71. The molecular weight excluding hydrogens is 368 g/mol. The topological polar surface area (TPSA) is 77.0 Å². The summed E-state index contributed by atoms with van der Waals surface area (Å²) >= 11 is 0. The second-order valence-electron chi connectivity index (χ2n) is 6.83. The molecule has 1 heterocycles. The van der Waals surface area contributed by atoms with Crippen LogP contribution in [0.2, 0.25) is 0 Å². The van der Waals surface area contributed by atoms with Crippen LogP contribution >= 0.6 is 0 Å². The van der Waals surface area contributed by atoms with E-state index in [4.69, 9.17) is 14.2 Å². The molecule has 0 aliphatic rings. The molecule has 0 aliphatic heterocycles. The molecule has 0 bridgehead atoms. The lowest BCUT2D eigenvalue weighted by Crippen LogP contribution is -2.41. The van der Waals surface area contributed by atoms with Gasteiger partial charge in [-0.05, 0) is 45.4 Å². The van der Waals surface area contributed by atoms with Gasteiger partial charge in [-0.3, -0.25) is 0 Å². The lowest BCUT2D eigenvalue weighted by molar-refractivity contribution is 0.213. The van der Waals surface area contributed by atoms with Crippen LogP contribution in [0.25, 0.3) is 0 Å². The van der Waals surface area contributed by atoms with E-state index in [9.17, 15) is 0 Å². The van der Waals surface area contributed by atoms with Crippen molar-refractivity contribution in [3.05, 3.63) is 48.2 Å². The number of benzene rings is 1.